The normalized spacial score (nSPS) is 13.9. The third-order valence-electron chi connectivity index (χ3n) is 5.57. The summed E-state index contributed by atoms with van der Waals surface area (Å²) in [5, 5.41) is 2.26. The monoisotopic (exact) mass is 422 g/mol. The summed E-state index contributed by atoms with van der Waals surface area (Å²) in [5.41, 5.74) is 0. The van der Waals surface area contributed by atoms with E-state index in [1.54, 1.807) is 0 Å². The molecule has 0 unspecified atom stereocenters. The van der Waals surface area contributed by atoms with E-state index in [0.29, 0.717) is 6.61 Å². The van der Waals surface area contributed by atoms with Crippen LogP contribution in [0.4, 0.5) is 0 Å². The summed E-state index contributed by atoms with van der Waals surface area (Å²) in [6.07, 6.45) is 3.43. The van der Waals surface area contributed by atoms with Gasteiger partial charge in [-0.15, -0.1) is 6.58 Å². The zero-order chi connectivity index (χ0) is 22.2. The molecule has 0 saturated carbocycles. The van der Waals surface area contributed by atoms with Crippen LogP contribution in [0.3, 0.4) is 0 Å². The number of carbonyl (C=O) groups is 1. The molecular formula is C26H34O3Si. The standard InChI is InChI=1S/C26H34O3Si/c1-7-21(8-2)24(29-25(27)9-3)20-28-30(26(4,5)6,22-16-12-10-13-17-22)23-18-14-11-15-19-23/h7,9-19,21,24H,1,3,8,20H2,2,4-6H3/t21-,24+/m0/s1. The molecule has 3 nitrogen and oxygen atoms in total. The van der Waals surface area contributed by atoms with Crippen LogP contribution in [-0.4, -0.2) is 27.0 Å². The van der Waals surface area contributed by atoms with Gasteiger partial charge in [-0.1, -0.05) is 101 Å². The third kappa shape index (κ3) is 5.18. The van der Waals surface area contributed by atoms with E-state index in [-0.39, 0.29) is 11.0 Å². The van der Waals surface area contributed by atoms with Crippen LogP contribution in [0.2, 0.25) is 5.04 Å². The number of esters is 1. The molecule has 0 fully saturated rings. The Hall–Kier alpha value is -2.43. The number of hydrogen-bond donors (Lipinski definition) is 0. The van der Waals surface area contributed by atoms with Gasteiger partial charge >= 0.3 is 5.97 Å². The predicted molar refractivity (Wildman–Crippen MR) is 128 cm³/mol. The highest BCUT2D eigenvalue weighted by molar-refractivity contribution is 6.99. The number of benzene rings is 2. The van der Waals surface area contributed by atoms with Gasteiger partial charge in [0.25, 0.3) is 8.32 Å². The van der Waals surface area contributed by atoms with Gasteiger partial charge in [-0.3, -0.25) is 0 Å². The number of rotatable bonds is 10. The van der Waals surface area contributed by atoms with Crippen LogP contribution < -0.4 is 10.4 Å². The molecule has 2 aromatic carbocycles. The molecule has 0 radical (unpaired) electrons. The highest BCUT2D eigenvalue weighted by Crippen LogP contribution is 2.37. The van der Waals surface area contributed by atoms with Crippen molar-refractivity contribution < 1.29 is 14.0 Å². The highest BCUT2D eigenvalue weighted by atomic mass is 28.4. The van der Waals surface area contributed by atoms with E-state index in [2.05, 4.69) is 89.4 Å². The van der Waals surface area contributed by atoms with Crippen LogP contribution in [0.1, 0.15) is 34.1 Å². The van der Waals surface area contributed by atoms with E-state index in [1.807, 2.05) is 18.2 Å². The molecule has 2 rings (SSSR count). The molecular weight excluding hydrogens is 388 g/mol. The van der Waals surface area contributed by atoms with Crippen molar-refractivity contribution >= 4 is 24.7 Å². The Morgan fingerprint density at radius 2 is 1.50 bits per heavy atom. The summed E-state index contributed by atoms with van der Waals surface area (Å²) in [6.45, 7) is 16.5. The van der Waals surface area contributed by atoms with Crippen LogP contribution in [0.5, 0.6) is 0 Å². The molecule has 2 aromatic rings. The van der Waals surface area contributed by atoms with E-state index >= 15 is 0 Å². The molecule has 0 bridgehead atoms. The minimum absolute atomic E-state index is 0.00659. The molecule has 0 N–H and O–H groups in total. The lowest BCUT2D eigenvalue weighted by Gasteiger charge is -2.44. The van der Waals surface area contributed by atoms with Crippen LogP contribution >= 0.6 is 0 Å². The Bertz CT molecular complexity index is 785. The van der Waals surface area contributed by atoms with E-state index in [0.717, 1.165) is 6.42 Å². The third-order valence-corrected chi connectivity index (χ3v) is 10.6. The van der Waals surface area contributed by atoms with E-state index in [4.69, 9.17) is 9.16 Å². The summed E-state index contributed by atoms with van der Waals surface area (Å²) in [6, 6.07) is 20.9. The van der Waals surface area contributed by atoms with Gasteiger partial charge in [-0.25, -0.2) is 4.79 Å². The van der Waals surface area contributed by atoms with Gasteiger partial charge in [0.05, 0.1) is 6.61 Å². The Kier molecular flexibility index (Phi) is 8.39. The number of carbonyl (C=O) groups excluding carboxylic acids is 1. The maximum atomic E-state index is 12.0. The molecule has 2 atom stereocenters. The first-order valence-electron chi connectivity index (χ1n) is 10.5. The van der Waals surface area contributed by atoms with E-state index in [1.165, 1.54) is 16.4 Å². The summed E-state index contributed by atoms with van der Waals surface area (Å²) in [5.74, 6) is -0.432. The van der Waals surface area contributed by atoms with Crippen LogP contribution in [0, 0.1) is 5.92 Å². The smallest absolute Gasteiger partial charge is 0.330 e. The van der Waals surface area contributed by atoms with Crippen molar-refractivity contribution in [1.82, 2.24) is 0 Å². The molecule has 0 aliphatic rings. The fourth-order valence-corrected chi connectivity index (χ4v) is 8.56. The summed E-state index contributed by atoms with van der Waals surface area (Å²) < 4.78 is 12.6. The van der Waals surface area contributed by atoms with Crippen molar-refractivity contribution in [3.8, 4) is 0 Å². The van der Waals surface area contributed by atoms with Gasteiger partial charge in [0.1, 0.15) is 6.10 Å². The zero-order valence-corrected chi connectivity index (χ0v) is 19.6. The molecule has 0 aliphatic carbocycles. The average Bonchev–Trinajstić information content (AvgIpc) is 2.75. The van der Waals surface area contributed by atoms with Crippen molar-refractivity contribution in [3.05, 3.63) is 86.0 Å². The van der Waals surface area contributed by atoms with Crippen LogP contribution in [0.25, 0.3) is 0 Å². The fourth-order valence-electron chi connectivity index (χ4n) is 3.99. The molecule has 0 amide bonds. The number of hydrogen-bond acceptors (Lipinski definition) is 3. The Labute approximate surface area is 182 Å². The zero-order valence-electron chi connectivity index (χ0n) is 18.6. The largest absolute Gasteiger partial charge is 0.456 e. The van der Waals surface area contributed by atoms with Gasteiger partial charge in [0.2, 0.25) is 0 Å². The van der Waals surface area contributed by atoms with Gasteiger partial charge < -0.3 is 9.16 Å². The quantitative estimate of drug-likeness (QED) is 0.237. The molecule has 0 aliphatic heterocycles. The van der Waals surface area contributed by atoms with E-state index in [9.17, 15) is 4.79 Å². The second-order valence-electron chi connectivity index (χ2n) is 8.46. The average molecular weight is 423 g/mol. The van der Waals surface area contributed by atoms with Crippen molar-refractivity contribution in [1.29, 1.82) is 0 Å². The minimum atomic E-state index is -2.70. The molecule has 0 aromatic heterocycles. The summed E-state index contributed by atoms with van der Waals surface area (Å²) in [4.78, 5) is 12.0. The van der Waals surface area contributed by atoms with Crippen molar-refractivity contribution in [2.24, 2.45) is 5.92 Å². The second-order valence-corrected chi connectivity index (χ2v) is 12.8. The predicted octanol–water partition coefficient (Wildman–Crippen LogP) is 4.87. The van der Waals surface area contributed by atoms with Crippen molar-refractivity contribution in [2.75, 3.05) is 6.61 Å². The van der Waals surface area contributed by atoms with Crippen LogP contribution in [0.15, 0.2) is 86.0 Å². The Morgan fingerprint density at radius 1 is 1.00 bits per heavy atom. The molecule has 0 saturated heterocycles. The molecule has 0 heterocycles. The molecule has 4 heteroatoms. The minimum Gasteiger partial charge on any atom is -0.456 e. The van der Waals surface area contributed by atoms with Crippen LogP contribution in [-0.2, 0) is 14.0 Å². The molecule has 0 spiro atoms. The van der Waals surface area contributed by atoms with Crippen molar-refractivity contribution in [3.63, 3.8) is 0 Å². The number of ether oxygens (including phenoxy) is 1. The van der Waals surface area contributed by atoms with Crippen molar-refractivity contribution in [2.45, 2.75) is 45.3 Å². The maximum Gasteiger partial charge on any atom is 0.330 e. The first-order valence-corrected chi connectivity index (χ1v) is 12.4. The lowest BCUT2D eigenvalue weighted by atomic mass is 10.0. The van der Waals surface area contributed by atoms with E-state index < -0.39 is 20.4 Å². The molecule has 30 heavy (non-hydrogen) atoms. The second kappa shape index (κ2) is 10.6. The first kappa shape index (κ1) is 23.8. The fraction of sp³-hybridized carbons (Fsp3) is 0.346. The topological polar surface area (TPSA) is 35.5 Å². The van der Waals surface area contributed by atoms with Gasteiger partial charge in [0, 0.05) is 12.0 Å². The Morgan fingerprint density at radius 3 is 1.87 bits per heavy atom. The maximum absolute atomic E-state index is 12.0. The van der Waals surface area contributed by atoms with Gasteiger partial charge in [-0.05, 0) is 21.8 Å². The summed E-state index contributed by atoms with van der Waals surface area (Å²) in [7, 11) is -2.70. The highest BCUT2D eigenvalue weighted by Gasteiger charge is 2.50. The summed E-state index contributed by atoms with van der Waals surface area (Å²) >= 11 is 0. The first-order chi connectivity index (χ1) is 14.3. The Balaban J connectivity index is 2.55. The lowest BCUT2D eigenvalue weighted by molar-refractivity contribution is -0.146. The molecule has 160 valence electrons. The van der Waals surface area contributed by atoms with Gasteiger partial charge in [0.15, 0.2) is 0 Å². The SMILES string of the molecule is C=CC(=O)O[C@H](CO[Si](c1ccccc1)(c1ccccc1)C(C)(C)C)[C@@H](C=C)CC. The van der Waals surface area contributed by atoms with Gasteiger partial charge in [-0.2, -0.15) is 0 Å². The lowest BCUT2D eigenvalue weighted by Crippen LogP contribution is -2.67.